The van der Waals surface area contributed by atoms with Crippen LogP contribution in [-0.2, 0) is 6.54 Å². The van der Waals surface area contributed by atoms with Gasteiger partial charge in [-0.15, -0.1) is 0 Å². The molecule has 1 saturated heterocycles. The summed E-state index contributed by atoms with van der Waals surface area (Å²) in [4.78, 5) is 11.4. The zero-order valence-corrected chi connectivity index (χ0v) is 19.3. The van der Waals surface area contributed by atoms with Gasteiger partial charge in [0.15, 0.2) is 0 Å². The van der Waals surface area contributed by atoms with Crippen LogP contribution in [0.3, 0.4) is 0 Å². The summed E-state index contributed by atoms with van der Waals surface area (Å²) in [5, 5.41) is 26.5. The van der Waals surface area contributed by atoms with Crippen molar-refractivity contribution >= 4 is 21.8 Å². The average Bonchev–Trinajstić information content (AvgIpc) is 2.88. The fourth-order valence-electron chi connectivity index (χ4n) is 4.75. The van der Waals surface area contributed by atoms with E-state index in [1.807, 2.05) is 48.5 Å². The van der Waals surface area contributed by atoms with Gasteiger partial charge in [-0.25, -0.2) is 4.98 Å². The SMILES string of the molecule is COc1ccc2nccc([C@H](O)CN3CCC(NCc4ccc5cccc(O)c5n4)CC3)c2c1. The number of aliphatic hydroxyl groups is 1. The van der Waals surface area contributed by atoms with Crippen LogP contribution in [0.2, 0.25) is 0 Å². The molecule has 34 heavy (non-hydrogen) atoms. The number of aliphatic hydroxyl groups excluding tert-OH is 1. The Hall–Kier alpha value is -3.26. The third-order valence-corrected chi connectivity index (χ3v) is 6.69. The summed E-state index contributed by atoms with van der Waals surface area (Å²) < 4.78 is 5.36. The zero-order valence-electron chi connectivity index (χ0n) is 19.3. The number of likely N-dealkylation sites (tertiary alicyclic amines) is 1. The number of rotatable bonds is 7. The number of nitrogens with zero attached hydrogens (tertiary/aromatic N) is 3. The Morgan fingerprint density at radius 2 is 1.97 bits per heavy atom. The molecule has 0 aliphatic carbocycles. The summed E-state index contributed by atoms with van der Waals surface area (Å²) in [7, 11) is 1.64. The molecule has 2 aromatic carbocycles. The molecule has 0 spiro atoms. The maximum absolute atomic E-state index is 11.0. The van der Waals surface area contributed by atoms with Crippen LogP contribution in [0, 0.1) is 0 Å². The van der Waals surface area contributed by atoms with E-state index in [9.17, 15) is 10.2 Å². The minimum absolute atomic E-state index is 0.214. The number of fused-ring (bicyclic) bond motifs is 2. The van der Waals surface area contributed by atoms with Crippen LogP contribution in [-0.4, -0.2) is 57.9 Å². The molecule has 2 aromatic heterocycles. The molecule has 7 heteroatoms. The lowest BCUT2D eigenvalue weighted by Crippen LogP contribution is -2.43. The maximum Gasteiger partial charge on any atom is 0.141 e. The fourth-order valence-corrected chi connectivity index (χ4v) is 4.75. The number of β-amino-alcohol motifs (C(OH)–C–C–N with tert-alkyl or cyclic N) is 1. The van der Waals surface area contributed by atoms with Crippen molar-refractivity contribution in [3.8, 4) is 11.5 Å². The van der Waals surface area contributed by atoms with Gasteiger partial charge in [-0.2, -0.15) is 0 Å². The Morgan fingerprint density at radius 3 is 2.79 bits per heavy atom. The molecule has 0 saturated carbocycles. The molecule has 0 unspecified atom stereocenters. The Kier molecular flexibility index (Phi) is 6.58. The number of piperidine rings is 1. The van der Waals surface area contributed by atoms with Gasteiger partial charge in [0.1, 0.15) is 17.0 Å². The lowest BCUT2D eigenvalue weighted by Gasteiger charge is -2.33. The van der Waals surface area contributed by atoms with Gasteiger partial charge in [-0.1, -0.05) is 18.2 Å². The first-order valence-corrected chi connectivity index (χ1v) is 11.7. The standard InChI is InChI=1S/C27H30N4O3/c1-34-21-7-8-24-23(15-21)22(9-12-28-24)26(33)17-31-13-10-19(11-14-31)29-16-20-6-5-18-3-2-4-25(32)27(18)30-20/h2-9,12,15,19,26,29,32-33H,10-11,13-14,16-17H2,1H3/t26-/m1/s1. The highest BCUT2D eigenvalue weighted by Gasteiger charge is 2.22. The second-order valence-electron chi connectivity index (χ2n) is 8.91. The molecule has 0 amide bonds. The Morgan fingerprint density at radius 1 is 1.12 bits per heavy atom. The van der Waals surface area contributed by atoms with E-state index < -0.39 is 6.10 Å². The van der Waals surface area contributed by atoms with Crippen molar-refractivity contribution in [2.75, 3.05) is 26.7 Å². The summed E-state index contributed by atoms with van der Waals surface area (Å²) >= 11 is 0. The van der Waals surface area contributed by atoms with Gasteiger partial charge in [0.2, 0.25) is 0 Å². The molecule has 3 N–H and O–H groups in total. The predicted octanol–water partition coefficient (Wildman–Crippen LogP) is 3.78. The van der Waals surface area contributed by atoms with Gasteiger partial charge < -0.3 is 25.2 Å². The van der Waals surface area contributed by atoms with Crippen LogP contribution in [0.15, 0.2) is 60.8 Å². The monoisotopic (exact) mass is 458 g/mol. The molecule has 1 aliphatic rings. The van der Waals surface area contributed by atoms with E-state index in [-0.39, 0.29) is 5.75 Å². The van der Waals surface area contributed by atoms with Crippen LogP contribution in [0.4, 0.5) is 0 Å². The summed E-state index contributed by atoms with van der Waals surface area (Å²) in [5.74, 6) is 0.976. The highest BCUT2D eigenvalue weighted by Crippen LogP contribution is 2.28. The highest BCUT2D eigenvalue weighted by atomic mass is 16.5. The highest BCUT2D eigenvalue weighted by molar-refractivity contribution is 5.84. The quantitative estimate of drug-likeness (QED) is 0.388. The van der Waals surface area contributed by atoms with Crippen LogP contribution in [0.5, 0.6) is 11.5 Å². The molecular formula is C27H30N4O3. The topological polar surface area (TPSA) is 90.7 Å². The second kappa shape index (κ2) is 9.93. The molecule has 1 aliphatic heterocycles. The number of aromatic hydroxyl groups is 1. The van der Waals surface area contributed by atoms with Gasteiger partial charge in [-0.3, -0.25) is 4.98 Å². The number of hydrogen-bond donors (Lipinski definition) is 3. The molecule has 4 aromatic rings. The van der Waals surface area contributed by atoms with E-state index in [1.54, 1.807) is 19.4 Å². The lowest BCUT2D eigenvalue weighted by atomic mass is 10.0. The Labute approximate surface area is 199 Å². The van der Waals surface area contributed by atoms with Gasteiger partial charge in [0.25, 0.3) is 0 Å². The predicted molar refractivity (Wildman–Crippen MR) is 133 cm³/mol. The molecule has 0 bridgehead atoms. The van der Waals surface area contributed by atoms with Crippen LogP contribution < -0.4 is 10.1 Å². The number of phenols is 1. The van der Waals surface area contributed by atoms with E-state index in [1.165, 1.54) is 0 Å². The van der Waals surface area contributed by atoms with Crippen molar-refractivity contribution < 1.29 is 14.9 Å². The molecule has 3 heterocycles. The Balaban J connectivity index is 1.16. The fraction of sp³-hybridized carbons (Fsp3) is 0.333. The third kappa shape index (κ3) is 4.82. The van der Waals surface area contributed by atoms with Crippen LogP contribution in [0.1, 0.15) is 30.2 Å². The van der Waals surface area contributed by atoms with Gasteiger partial charge in [0.05, 0.1) is 24.4 Å². The van der Waals surface area contributed by atoms with E-state index in [2.05, 4.69) is 20.2 Å². The number of methoxy groups -OCH3 is 1. The number of phenolic OH excluding ortho intramolecular Hbond substituents is 1. The number of para-hydroxylation sites is 1. The summed E-state index contributed by atoms with van der Waals surface area (Å²) in [6, 6.07) is 17.5. The summed E-state index contributed by atoms with van der Waals surface area (Å²) in [6.07, 6.45) is 3.19. The van der Waals surface area contributed by atoms with Crippen molar-refractivity contribution in [1.82, 2.24) is 20.2 Å². The minimum Gasteiger partial charge on any atom is -0.506 e. The van der Waals surface area contributed by atoms with E-state index in [4.69, 9.17) is 4.74 Å². The molecule has 176 valence electrons. The van der Waals surface area contributed by atoms with E-state index >= 15 is 0 Å². The molecule has 7 nitrogen and oxygen atoms in total. The molecule has 1 atom stereocenters. The van der Waals surface area contributed by atoms with Crippen molar-refractivity contribution in [3.05, 3.63) is 72.1 Å². The van der Waals surface area contributed by atoms with Gasteiger partial charge >= 0.3 is 0 Å². The number of nitrogens with one attached hydrogen (secondary N) is 1. The zero-order chi connectivity index (χ0) is 23.5. The molecular weight excluding hydrogens is 428 g/mol. The van der Waals surface area contributed by atoms with E-state index in [0.29, 0.717) is 24.6 Å². The first-order chi connectivity index (χ1) is 16.6. The largest absolute Gasteiger partial charge is 0.506 e. The molecule has 0 radical (unpaired) electrons. The van der Waals surface area contributed by atoms with E-state index in [0.717, 1.165) is 59.2 Å². The van der Waals surface area contributed by atoms with Crippen LogP contribution >= 0.6 is 0 Å². The third-order valence-electron chi connectivity index (χ3n) is 6.69. The normalized spacial score (nSPS) is 16.2. The van der Waals surface area contributed by atoms with Crippen molar-refractivity contribution in [2.24, 2.45) is 0 Å². The first kappa shape index (κ1) is 22.5. The number of pyridine rings is 2. The van der Waals surface area contributed by atoms with Gasteiger partial charge in [-0.05, 0) is 67.9 Å². The van der Waals surface area contributed by atoms with Crippen molar-refractivity contribution in [3.63, 3.8) is 0 Å². The smallest absolute Gasteiger partial charge is 0.141 e. The van der Waals surface area contributed by atoms with Crippen LogP contribution in [0.25, 0.3) is 21.8 Å². The summed E-state index contributed by atoms with van der Waals surface area (Å²) in [6.45, 7) is 3.11. The maximum atomic E-state index is 11.0. The summed E-state index contributed by atoms with van der Waals surface area (Å²) in [5.41, 5.74) is 3.31. The lowest BCUT2D eigenvalue weighted by molar-refractivity contribution is 0.0948. The first-order valence-electron chi connectivity index (χ1n) is 11.7. The van der Waals surface area contributed by atoms with Gasteiger partial charge in [0, 0.05) is 36.1 Å². The van der Waals surface area contributed by atoms with Crippen molar-refractivity contribution in [1.29, 1.82) is 0 Å². The van der Waals surface area contributed by atoms with Crippen molar-refractivity contribution in [2.45, 2.75) is 31.5 Å². The molecule has 5 rings (SSSR count). The number of aromatic nitrogens is 2. The minimum atomic E-state index is -0.586. The average molecular weight is 459 g/mol. The second-order valence-corrected chi connectivity index (χ2v) is 8.91. The number of benzene rings is 2. The molecule has 1 fully saturated rings. The number of ether oxygens (including phenoxy) is 1. The Bertz CT molecular complexity index is 1290. The number of hydrogen-bond acceptors (Lipinski definition) is 7.